The minimum Gasteiger partial charge on any atom is -0.497 e. The maximum Gasteiger partial charge on any atom is 0.118 e. The van der Waals surface area contributed by atoms with Crippen LogP contribution < -0.4 is 4.74 Å². The summed E-state index contributed by atoms with van der Waals surface area (Å²) in [5.74, 6) is 0.762. The van der Waals surface area contributed by atoms with Crippen LogP contribution in [0.4, 0.5) is 0 Å². The molecule has 78 valence electrons. The number of methoxy groups -OCH3 is 1. The topological polar surface area (TPSA) is 49.7 Å². The van der Waals surface area contributed by atoms with Crippen LogP contribution in [0.15, 0.2) is 24.3 Å². The number of aliphatic hydroxyl groups is 2. The number of hydrogen-bond donors (Lipinski definition) is 2. The van der Waals surface area contributed by atoms with E-state index in [2.05, 4.69) is 0 Å². The second-order valence-corrected chi connectivity index (χ2v) is 3.37. The molecule has 2 N–H and O–H groups in total. The maximum atomic E-state index is 9.65. The van der Waals surface area contributed by atoms with Crippen molar-refractivity contribution >= 4 is 0 Å². The van der Waals surface area contributed by atoms with Gasteiger partial charge in [-0.1, -0.05) is 12.1 Å². The smallest absolute Gasteiger partial charge is 0.118 e. The predicted molar refractivity (Wildman–Crippen MR) is 54.3 cm³/mol. The number of benzene rings is 1. The molecule has 1 rings (SSSR count). The van der Waals surface area contributed by atoms with Gasteiger partial charge in [-0.3, -0.25) is 0 Å². The first kappa shape index (κ1) is 11.0. The molecule has 3 heteroatoms. The second kappa shape index (κ2) is 4.98. The summed E-state index contributed by atoms with van der Waals surface area (Å²) in [7, 11) is 1.60. The van der Waals surface area contributed by atoms with Crippen molar-refractivity contribution in [3.8, 4) is 5.75 Å². The average Bonchev–Trinajstić information content (AvgIpc) is 2.17. The Morgan fingerprint density at radius 3 is 2.21 bits per heavy atom. The van der Waals surface area contributed by atoms with Crippen LogP contribution in [0.1, 0.15) is 25.0 Å². The Morgan fingerprint density at radius 1 is 1.21 bits per heavy atom. The highest BCUT2D eigenvalue weighted by Crippen LogP contribution is 2.20. The number of hydrogen-bond acceptors (Lipinski definition) is 3. The van der Waals surface area contributed by atoms with Gasteiger partial charge in [0.25, 0.3) is 0 Å². The quantitative estimate of drug-likeness (QED) is 0.767. The van der Waals surface area contributed by atoms with Crippen LogP contribution in [-0.4, -0.2) is 23.4 Å². The Bertz CT molecular complexity index is 266. The van der Waals surface area contributed by atoms with Crippen LogP contribution in [0, 0.1) is 0 Å². The van der Waals surface area contributed by atoms with Crippen LogP contribution in [0.2, 0.25) is 0 Å². The predicted octanol–water partition coefficient (Wildman–Crippen LogP) is 1.50. The van der Waals surface area contributed by atoms with Gasteiger partial charge in [0.05, 0.1) is 19.3 Å². The van der Waals surface area contributed by atoms with E-state index in [1.807, 2.05) is 0 Å². The Kier molecular flexibility index (Phi) is 3.92. The van der Waals surface area contributed by atoms with Gasteiger partial charge in [-0.2, -0.15) is 0 Å². The molecule has 0 aromatic heterocycles. The minimum atomic E-state index is -0.610. The zero-order chi connectivity index (χ0) is 10.6. The molecule has 0 aliphatic carbocycles. The summed E-state index contributed by atoms with van der Waals surface area (Å²) < 4.78 is 5.00. The molecule has 3 nitrogen and oxygen atoms in total. The van der Waals surface area contributed by atoms with Crippen molar-refractivity contribution in [2.75, 3.05) is 7.11 Å². The van der Waals surface area contributed by atoms with Crippen molar-refractivity contribution in [2.24, 2.45) is 0 Å². The average molecular weight is 196 g/mol. The molecule has 0 saturated carbocycles. The summed E-state index contributed by atoms with van der Waals surface area (Å²) in [6.07, 6.45) is -0.750. The fraction of sp³-hybridized carbons (Fsp3) is 0.455. The van der Waals surface area contributed by atoms with Gasteiger partial charge in [-0.15, -0.1) is 0 Å². The summed E-state index contributed by atoms with van der Waals surface area (Å²) in [5, 5.41) is 18.8. The van der Waals surface area contributed by atoms with E-state index < -0.39 is 12.2 Å². The zero-order valence-electron chi connectivity index (χ0n) is 8.47. The van der Waals surface area contributed by atoms with Gasteiger partial charge < -0.3 is 14.9 Å². The van der Waals surface area contributed by atoms with E-state index in [9.17, 15) is 5.11 Å². The summed E-state index contributed by atoms with van der Waals surface area (Å²) in [5.41, 5.74) is 0.798. The summed E-state index contributed by atoms with van der Waals surface area (Å²) in [6.45, 7) is 1.66. The fourth-order valence-corrected chi connectivity index (χ4v) is 1.29. The van der Waals surface area contributed by atoms with E-state index in [1.54, 1.807) is 38.3 Å². The summed E-state index contributed by atoms with van der Waals surface area (Å²) >= 11 is 0. The molecule has 14 heavy (non-hydrogen) atoms. The first-order valence-corrected chi connectivity index (χ1v) is 4.63. The number of rotatable bonds is 4. The standard InChI is InChI=1S/C11H16O3/c1-8(12)7-11(13)9-3-5-10(14-2)6-4-9/h3-6,8,11-13H,7H2,1-2H3/t8-,11+/m0/s1. The Balaban J connectivity index is 2.66. The highest BCUT2D eigenvalue weighted by molar-refractivity contribution is 5.28. The van der Waals surface area contributed by atoms with Gasteiger partial charge in [-0.25, -0.2) is 0 Å². The van der Waals surface area contributed by atoms with Crippen molar-refractivity contribution in [2.45, 2.75) is 25.6 Å². The van der Waals surface area contributed by atoms with E-state index in [0.29, 0.717) is 6.42 Å². The third kappa shape index (κ3) is 3.01. The van der Waals surface area contributed by atoms with E-state index in [1.165, 1.54) is 0 Å². The highest BCUT2D eigenvalue weighted by atomic mass is 16.5. The van der Waals surface area contributed by atoms with Crippen LogP contribution in [0.25, 0.3) is 0 Å². The summed E-state index contributed by atoms with van der Waals surface area (Å²) in [4.78, 5) is 0. The van der Waals surface area contributed by atoms with Gasteiger partial charge in [0.1, 0.15) is 5.75 Å². The lowest BCUT2D eigenvalue weighted by Gasteiger charge is -2.12. The van der Waals surface area contributed by atoms with Crippen molar-refractivity contribution in [1.82, 2.24) is 0 Å². The Labute approximate surface area is 84.0 Å². The fourth-order valence-electron chi connectivity index (χ4n) is 1.29. The third-order valence-electron chi connectivity index (χ3n) is 2.06. The van der Waals surface area contributed by atoms with Gasteiger partial charge in [0.15, 0.2) is 0 Å². The maximum absolute atomic E-state index is 9.65. The van der Waals surface area contributed by atoms with Gasteiger partial charge >= 0.3 is 0 Å². The molecule has 0 fully saturated rings. The molecule has 0 unspecified atom stereocenters. The normalized spacial score (nSPS) is 14.9. The van der Waals surface area contributed by atoms with Crippen molar-refractivity contribution in [1.29, 1.82) is 0 Å². The molecule has 0 radical (unpaired) electrons. The Morgan fingerprint density at radius 2 is 1.79 bits per heavy atom. The number of aliphatic hydroxyl groups excluding tert-OH is 2. The van der Waals surface area contributed by atoms with E-state index in [4.69, 9.17) is 9.84 Å². The monoisotopic (exact) mass is 196 g/mol. The molecule has 0 amide bonds. The lowest BCUT2D eigenvalue weighted by molar-refractivity contribution is 0.0907. The lowest BCUT2D eigenvalue weighted by Crippen LogP contribution is -2.07. The molecular weight excluding hydrogens is 180 g/mol. The zero-order valence-corrected chi connectivity index (χ0v) is 8.47. The third-order valence-corrected chi connectivity index (χ3v) is 2.06. The molecule has 0 heterocycles. The molecular formula is C11H16O3. The van der Waals surface area contributed by atoms with Crippen LogP contribution in [0.5, 0.6) is 5.75 Å². The van der Waals surface area contributed by atoms with Gasteiger partial charge in [0.2, 0.25) is 0 Å². The molecule has 2 atom stereocenters. The van der Waals surface area contributed by atoms with Gasteiger partial charge in [0, 0.05) is 6.42 Å². The molecule has 0 bridgehead atoms. The first-order valence-electron chi connectivity index (χ1n) is 4.63. The van der Waals surface area contributed by atoms with E-state index in [0.717, 1.165) is 11.3 Å². The Hall–Kier alpha value is -1.06. The highest BCUT2D eigenvalue weighted by Gasteiger charge is 2.10. The first-order chi connectivity index (χ1) is 6.63. The molecule has 0 spiro atoms. The van der Waals surface area contributed by atoms with Crippen molar-refractivity contribution < 1.29 is 14.9 Å². The van der Waals surface area contributed by atoms with Crippen molar-refractivity contribution in [3.63, 3.8) is 0 Å². The number of ether oxygens (including phenoxy) is 1. The molecule has 1 aromatic carbocycles. The van der Waals surface area contributed by atoms with E-state index in [-0.39, 0.29) is 0 Å². The van der Waals surface area contributed by atoms with Crippen LogP contribution in [-0.2, 0) is 0 Å². The molecule has 0 aliphatic heterocycles. The van der Waals surface area contributed by atoms with Crippen LogP contribution >= 0.6 is 0 Å². The molecule has 0 aliphatic rings. The molecule has 1 aromatic rings. The van der Waals surface area contributed by atoms with Crippen LogP contribution in [0.3, 0.4) is 0 Å². The van der Waals surface area contributed by atoms with Gasteiger partial charge in [-0.05, 0) is 24.6 Å². The minimum absolute atomic E-state index is 0.354. The molecule has 0 saturated heterocycles. The second-order valence-electron chi connectivity index (χ2n) is 3.37. The largest absolute Gasteiger partial charge is 0.497 e. The van der Waals surface area contributed by atoms with Crippen molar-refractivity contribution in [3.05, 3.63) is 29.8 Å². The summed E-state index contributed by atoms with van der Waals surface area (Å²) in [6, 6.07) is 7.18. The lowest BCUT2D eigenvalue weighted by atomic mass is 10.0. The SMILES string of the molecule is COc1ccc([C@H](O)C[C@H](C)O)cc1. The van der Waals surface area contributed by atoms with E-state index >= 15 is 0 Å².